The monoisotopic (exact) mass is 385 g/mol. The zero-order valence-corrected chi connectivity index (χ0v) is 15.8. The van der Waals surface area contributed by atoms with Gasteiger partial charge in [-0.2, -0.15) is 5.10 Å². The van der Waals surface area contributed by atoms with Crippen molar-refractivity contribution >= 4 is 11.6 Å². The van der Waals surface area contributed by atoms with Crippen LogP contribution in [0.5, 0.6) is 0 Å². The minimum Gasteiger partial charge on any atom is -0.333 e. The van der Waals surface area contributed by atoms with Crippen molar-refractivity contribution < 1.29 is 4.79 Å². The second-order valence-corrected chi connectivity index (χ2v) is 6.61. The zero-order valence-electron chi connectivity index (χ0n) is 15.8. The summed E-state index contributed by atoms with van der Waals surface area (Å²) < 4.78 is 3.23. The summed E-state index contributed by atoms with van der Waals surface area (Å²) in [6, 6.07) is 17.9. The highest BCUT2D eigenvalue weighted by Crippen LogP contribution is 2.26. The lowest BCUT2D eigenvalue weighted by atomic mass is 10.1. The van der Waals surface area contributed by atoms with Crippen molar-refractivity contribution in [3.63, 3.8) is 0 Å². The second-order valence-electron chi connectivity index (χ2n) is 6.61. The van der Waals surface area contributed by atoms with Crippen molar-refractivity contribution in [2.45, 2.75) is 6.54 Å². The van der Waals surface area contributed by atoms with E-state index in [1.165, 1.54) is 10.7 Å². The van der Waals surface area contributed by atoms with Gasteiger partial charge in [-0.05, 0) is 29.8 Å². The van der Waals surface area contributed by atoms with E-state index < -0.39 is 0 Å². The molecule has 0 unspecified atom stereocenters. The molecule has 0 fully saturated rings. The minimum absolute atomic E-state index is 0.189. The van der Waals surface area contributed by atoms with E-state index in [0.717, 1.165) is 11.1 Å². The molecule has 4 rings (SSSR count). The van der Waals surface area contributed by atoms with Crippen LogP contribution in [0.25, 0.3) is 11.3 Å². The Morgan fingerprint density at radius 3 is 2.55 bits per heavy atom. The van der Waals surface area contributed by atoms with Crippen molar-refractivity contribution in [2.24, 2.45) is 7.05 Å². The molecule has 0 aliphatic carbocycles. The number of anilines is 1. The molecular formula is C22H19N5O2. The molecule has 0 aliphatic rings. The molecule has 7 heteroatoms. The molecule has 0 aliphatic heterocycles. The van der Waals surface area contributed by atoms with Crippen LogP contribution in [0.4, 0.5) is 5.69 Å². The Balaban J connectivity index is 1.54. The normalized spacial score (nSPS) is 10.7. The number of nitrogens with one attached hydrogen (secondary N) is 1. The fourth-order valence-electron chi connectivity index (χ4n) is 3.01. The maximum atomic E-state index is 12.7. The first-order valence-electron chi connectivity index (χ1n) is 9.10. The standard InChI is InChI=1S/C22H19N5O2/c1-26-21(28)11-10-20(25-26)18-4-2-3-5-19(18)24-22(29)17-8-6-16(7-9-17)14-27-13-12-23-15-27/h2-13,15H,14H2,1H3,(H,24,29). The van der Waals surface area contributed by atoms with Gasteiger partial charge in [0, 0.05) is 43.2 Å². The molecule has 2 aromatic heterocycles. The molecule has 0 spiro atoms. The van der Waals surface area contributed by atoms with Crippen molar-refractivity contribution in [3.05, 3.63) is 101 Å². The van der Waals surface area contributed by atoms with Gasteiger partial charge in [0.25, 0.3) is 11.5 Å². The van der Waals surface area contributed by atoms with Crippen LogP contribution in [0.15, 0.2) is 84.2 Å². The first kappa shape index (κ1) is 18.4. The maximum absolute atomic E-state index is 12.7. The number of carbonyl (C=O) groups excluding carboxylic acids is 1. The van der Waals surface area contributed by atoms with E-state index in [2.05, 4.69) is 15.4 Å². The molecule has 0 radical (unpaired) electrons. The number of carbonyl (C=O) groups is 1. The highest BCUT2D eigenvalue weighted by Gasteiger charge is 2.12. The van der Waals surface area contributed by atoms with Crippen LogP contribution >= 0.6 is 0 Å². The Morgan fingerprint density at radius 2 is 1.83 bits per heavy atom. The Bertz CT molecular complexity index is 1190. The second kappa shape index (κ2) is 7.93. The summed E-state index contributed by atoms with van der Waals surface area (Å²) in [4.78, 5) is 28.4. The number of imidazole rings is 1. The highest BCUT2D eigenvalue weighted by molar-refractivity contribution is 6.06. The molecule has 29 heavy (non-hydrogen) atoms. The molecule has 7 nitrogen and oxygen atoms in total. The molecular weight excluding hydrogens is 366 g/mol. The molecule has 0 atom stereocenters. The lowest BCUT2D eigenvalue weighted by Gasteiger charge is -2.11. The van der Waals surface area contributed by atoms with E-state index in [1.54, 1.807) is 37.8 Å². The van der Waals surface area contributed by atoms with Gasteiger partial charge >= 0.3 is 0 Å². The number of aromatic nitrogens is 4. The number of para-hydroxylation sites is 1. The summed E-state index contributed by atoms with van der Waals surface area (Å²) in [6.45, 7) is 0.698. The van der Waals surface area contributed by atoms with E-state index in [4.69, 9.17) is 0 Å². The summed E-state index contributed by atoms with van der Waals surface area (Å²) in [5.41, 5.74) is 3.43. The Kier molecular flexibility index (Phi) is 5.03. The van der Waals surface area contributed by atoms with Crippen molar-refractivity contribution in [2.75, 3.05) is 5.32 Å². The minimum atomic E-state index is -0.212. The first-order valence-corrected chi connectivity index (χ1v) is 9.10. The topological polar surface area (TPSA) is 81.8 Å². The third-order valence-electron chi connectivity index (χ3n) is 4.55. The summed E-state index contributed by atoms with van der Waals surface area (Å²) in [5.74, 6) is -0.212. The van der Waals surface area contributed by atoms with Crippen molar-refractivity contribution in [3.8, 4) is 11.3 Å². The predicted molar refractivity (Wildman–Crippen MR) is 111 cm³/mol. The summed E-state index contributed by atoms with van der Waals surface area (Å²) in [5, 5.41) is 7.22. The molecule has 0 bridgehead atoms. The van der Waals surface area contributed by atoms with Crippen LogP contribution in [-0.4, -0.2) is 25.2 Å². The van der Waals surface area contributed by atoms with E-state index in [1.807, 2.05) is 47.2 Å². The predicted octanol–water partition coefficient (Wildman–Crippen LogP) is 2.94. The smallest absolute Gasteiger partial charge is 0.266 e. The van der Waals surface area contributed by atoms with Gasteiger partial charge in [0.05, 0.1) is 17.7 Å². The maximum Gasteiger partial charge on any atom is 0.266 e. The van der Waals surface area contributed by atoms with Crippen LogP contribution in [0.2, 0.25) is 0 Å². The summed E-state index contributed by atoms with van der Waals surface area (Å²) in [7, 11) is 1.60. The van der Waals surface area contributed by atoms with Crippen LogP contribution in [0.1, 0.15) is 15.9 Å². The van der Waals surface area contributed by atoms with Crippen LogP contribution < -0.4 is 10.9 Å². The molecule has 144 valence electrons. The summed E-state index contributed by atoms with van der Waals surface area (Å²) in [6.07, 6.45) is 5.38. The molecule has 1 amide bonds. The number of aryl methyl sites for hydroxylation is 1. The van der Waals surface area contributed by atoms with Gasteiger partial charge in [-0.15, -0.1) is 0 Å². The number of amides is 1. The van der Waals surface area contributed by atoms with Gasteiger partial charge < -0.3 is 9.88 Å². The molecule has 1 N–H and O–H groups in total. The lowest BCUT2D eigenvalue weighted by Crippen LogP contribution is -2.18. The average Bonchev–Trinajstić information content (AvgIpc) is 3.24. The van der Waals surface area contributed by atoms with Crippen LogP contribution in [0, 0.1) is 0 Å². The van der Waals surface area contributed by atoms with E-state index >= 15 is 0 Å². The van der Waals surface area contributed by atoms with Gasteiger partial charge in [0.15, 0.2) is 0 Å². The first-order chi connectivity index (χ1) is 14.1. The molecule has 2 aromatic carbocycles. The van der Waals surface area contributed by atoms with Crippen LogP contribution in [-0.2, 0) is 13.6 Å². The van der Waals surface area contributed by atoms with E-state index in [0.29, 0.717) is 23.5 Å². The molecule has 2 heterocycles. The third kappa shape index (κ3) is 4.14. The van der Waals surface area contributed by atoms with Gasteiger partial charge in [0.1, 0.15) is 0 Å². The quantitative estimate of drug-likeness (QED) is 0.573. The zero-order chi connectivity index (χ0) is 20.2. The SMILES string of the molecule is Cn1nc(-c2ccccc2NC(=O)c2ccc(Cn3ccnc3)cc2)ccc1=O. The Labute approximate surface area is 167 Å². The number of benzene rings is 2. The van der Waals surface area contributed by atoms with Crippen molar-refractivity contribution in [1.82, 2.24) is 19.3 Å². The number of nitrogens with zero attached hydrogens (tertiary/aromatic N) is 4. The fraction of sp³-hybridized carbons (Fsp3) is 0.0909. The Morgan fingerprint density at radius 1 is 1.03 bits per heavy atom. The van der Waals surface area contributed by atoms with Gasteiger partial charge in [0.2, 0.25) is 0 Å². The largest absolute Gasteiger partial charge is 0.333 e. The molecule has 0 saturated carbocycles. The lowest BCUT2D eigenvalue weighted by molar-refractivity contribution is 0.102. The van der Waals surface area contributed by atoms with Gasteiger partial charge in [-0.25, -0.2) is 9.67 Å². The fourth-order valence-corrected chi connectivity index (χ4v) is 3.01. The van der Waals surface area contributed by atoms with Crippen LogP contribution in [0.3, 0.4) is 0 Å². The molecule has 4 aromatic rings. The summed E-state index contributed by atoms with van der Waals surface area (Å²) >= 11 is 0. The van der Waals surface area contributed by atoms with E-state index in [9.17, 15) is 9.59 Å². The van der Waals surface area contributed by atoms with Gasteiger partial charge in [-0.1, -0.05) is 30.3 Å². The highest BCUT2D eigenvalue weighted by atomic mass is 16.1. The Hall–Kier alpha value is -4.00. The number of hydrogen-bond donors (Lipinski definition) is 1. The third-order valence-corrected chi connectivity index (χ3v) is 4.55. The molecule has 0 saturated heterocycles. The number of hydrogen-bond acceptors (Lipinski definition) is 4. The van der Waals surface area contributed by atoms with Gasteiger partial charge in [-0.3, -0.25) is 9.59 Å². The number of rotatable bonds is 5. The van der Waals surface area contributed by atoms with Crippen molar-refractivity contribution in [1.29, 1.82) is 0 Å². The average molecular weight is 385 g/mol. The van der Waals surface area contributed by atoms with E-state index in [-0.39, 0.29) is 11.5 Å².